The van der Waals surface area contributed by atoms with Crippen molar-refractivity contribution in [3.05, 3.63) is 24.3 Å². The van der Waals surface area contributed by atoms with Crippen LogP contribution in [0.5, 0.6) is 11.5 Å². The molecule has 2 rings (SSSR count). The summed E-state index contributed by atoms with van der Waals surface area (Å²) in [5, 5.41) is 0. The Kier molecular flexibility index (Phi) is 7.15. The Morgan fingerprint density at radius 1 is 0.783 bits per heavy atom. The Hall–Kier alpha value is -1.30. The highest BCUT2D eigenvalue weighted by Gasteiger charge is 2.26. The van der Waals surface area contributed by atoms with Crippen LogP contribution in [0, 0.1) is 0 Å². The van der Waals surface area contributed by atoms with E-state index in [9.17, 15) is 0 Å². The molecule has 0 radical (unpaired) electrons. The molecule has 2 atom stereocenters. The van der Waals surface area contributed by atoms with E-state index < -0.39 is 0 Å². The highest BCUT2D eigenvalue weighted by atomic mass is 16.6. The number of fused-ring (bicyclic) bond motifs is 1. The Bertz CT molecular complexity index is 420. The van der Waals surface area contributed by atoms with Gasteiger partial charge in [0.15, 0.2) is 24.0 Å². The van der Waals surface area contributed by atoms with Crippen LogP contribution in [-0.2, 0) is 4.74 Å². The molecule has 0 aliphatic carbocycles. The lowest BCUT2D eigenvalue weighted by atomic mass is 10.3. The van der Waals surface area contributed by atoms with Gasteiger partial charge in [0.2, 0.25) is 0 Å². The topological polar surface area (TPSA) is 34.2 Å². The molecule has 1 aliphatic rings. The van der Waals surface area contributed by atoms with Gasteiger partial charge in [0, 0.05) is 0 Å². The largest absolute Gasteiger partial charge is 0.469 e. The third kappa shape index (κ3) is 4.59. The molecule has 0 fully saturated rings. The summed E-state index contributed by atoms with van der Waals surface area (Å²) in [6.45, 7) is 13.3. The molecule has 130 valence electrons. The molecule has 1 aromatic carbocycles. The SMILES string of the molecule is CCN(CC)C1COCC(N(CC)CC)Oc2ccccc2O1. The molecule has 0 bridgehead atoms. The quantitative estimate of drug-likeness (QED) is 0.804. The summed E-state index contributed by atoms with van der Waals surface area (Å²) in [6.07, 6.45) is -0.185. The van der Waals surface area contributed by atoms with Gasteiger partial charge in [-0.2, -0.15) is 0 Å². The Balaban J connectivity index is 2.25. The third-order valence-corrected chi connectivity index (χ3v) is 4.34. The first kappa shape index (κ1) is 18.0. The van der Waals surface area contributed by atoms with Crippen LogP contribution in [0.15, 0.2) is 24.3 Å². The highest BCUT2D eigenvalue weighted by molar-refractivity contribution is 5.39. The van der Waals surface area contributed by atoms with E-state index in [4.69, 9.17) is 14.2 Å². The third-order valence-electron chi connectivity index (χ3n) is 4.34. The van der Waals surface area contributed by atoms with Gasteiger partial charge in [-0.1, -0.05) is 39.8 Å². The Morgan fingerprint density at radius 3 is 1.52 bits per heavy atom. The number of ether oxygens (including phenoxy) is 3. The average molecular weight is 322 g/mol. The van der Waals surface area contributed by atoms with Crippen molar-refractivity contribution in [2.75, 3.05) is 39.4 Å². The van der Waals surface area contributed by atoms with E-state index in [1.807, 2.05) is 24.3 Å². The Morgan fingerprint density at radius 2 is 1.17 bits per heavy atom. The fourth-order valence-electron chi connectivity index (χ4n) is 2.90. The van der Waals surface area contributed by atoms with E-state index in [1.54, 1.807) is 0 Å². The number of hydrogen-bond donors (Lipinski definition) is 0. The molecule has 1 heterocycles. The lowest BCUT2D eigenvalue weighted by Crippen LogP contribution is -2.44. The van der Waals surface area contributed by atoms with Crippen molar-refractivity contribution in [3.63, 3.8) is 0 Å². The number of benzene rings is 1. The number of para-hydroxylation sites is 2. The van der Waals surface area contributed by atoms with Crippen LogP contribution in [-0.4, -0.2) is 61.6 Å². The van der Waals surface area contributed by atoms with E-state index in [0.29, 0.717) is 13.2 Å². The molecule has 0 saturated carbocycles. The lowest BCUT2D eigenvalue weighted by Gasteiger charge is -2.29. The summed E-state index contributed by atoms with van der Waals surface area (Å²) in [7, 11) is 0. The van der Waals surface area contributed by atoms with Crippen LogP contribution in [0.3, 0.4) is 0 Å². The molecular formula is C18H30N2O3. The maximum atomic E-state index is 6.21. The molecule has 0 amide bonds. The smallest absolute Gasteiger partial charge is 0.176 e. The first-order valence-corrected chi connectivity index (χ1v) is 8.71. The van der Waals surface area contributed by atoms with E-state index >= 15 is 0 Å². The maximum absolute atomic E-state index is 6.21. The minimum Gasteiger partial charge on any atom is -0.469 e. The highest BCUT2D eigenvalue weighted by Crippen LogP contribution is 2.30. The molecule has 5 heteroatoms. The van der Waals surface area contributed by atoms with E-state index in [-0.39, 0.29) is 12.5 Å². The van der Waals surface area contributed by atoms with Crippen LogP contribution in [0.1, 0.15) is 27.7 Å². The summed E-state index contributed by atoms with van der Waals surface area (Å²) < 4.78 is 18.4. The number of nitrogens with zero attached hydrogens (tertiary/aromatic N) is 2. The average Bonchev–Trinajstić information content (AvgIpc) is 2.66. The van der Waals surface area contributed by atoms with Gasteiger partial charge in [0.25, 0.3) is 0 Å². The maximum Gasteiger partial charge on any atom is 0.176 e. The van der Waals surface area contributed by atoms with Crippen LogP contribution in [0.25, 0.3) is 0 Å². The number of hydrogen-bond acceptors (Lipinski definition) is 5. The van der Waals surface area contributed by atoms with Crippen molar-refractivity contribution >= 4 is 0 Å². The minimum absolute atomic E-state index is 0.0924. The first-order chi connectivity index (χ1) is 11.2. The molecule has 1 aromatic rings. The lowest BCUT2D eigenvalue weighted by molar-refractivity contribution is -0.0698. The molecule has 1 aliphatic heterocycles. The summed E-state index contributed by atoms with van der Waals surface area (Å²) in [5.74, 6) is 1.57. The second-order valence-electron chi connectivity index (χ2n) is 5.57. The normalized spacial score (nSPS) is 21.8. The monoisotopic (exact) mass is 322 g/mol. The Labute approximate surface area is 140 Å². The van der Waals surface area contributed by atoms with Crippen molar-refractivity contribution in [3.8, 4) is 11.5 Å². The zero-order valence-corrected chi connectivity index (χ0v) is 14.8. The van der Waals surface area contributed by atoms with Crippen LogP contribution >= 0.6 is 0 Å². The zero-order chi connectivity index (χ0) is 16.7. The van der Waals surface area contributed by atoms with Crippen LogP contribution in [0.2, 0.25) is 0 Å². The summed E-state index contributed by atoms with van der Waals surface area (Å²) in [6, 6.07) is 7.90. The van der Waals surface area contributed by atoms with Gasteiger partial charge >= 0.3 is 0 Å². The van der Waals surface area contributed by atoms with Crippen molar-refractivity contribution in [2.45, 2.75) is 40.2 Å². The number of rotatable bonds is 6. The standard InChI is InChI=1S/C18H30N2O3/c1-5-19(6-2)17-13-21-14-18(20(7-3)8-4)23-16-12-10-9-11-15(16)22-17/h9-12,17-18H,5-8,13-14H2,1-4H3. The van der Waals surface area contributed by atoms with Crippen LogP contribution < -0.4 is 9.47 Å². The molecule has 0 saturated heterocycles. The van der Waals surface area contributed by atoms with Crippen molar-refractivity contribution in [2.24, 2.45) is 0 Å². The van der Waals surface area contributed by atoms with Gasteiger partial charge in [-0.05, 0) is 38.3 Å². The zero-order valence-electron chi connectivity index (χ0n) is 14.8. The molecular weight excluding hydrogens is 292 g/mol. The van der Waals surface area contributed by atoms with Gasteiger partial charge in [-0.3, -0.25) is 9.80 Å². The van der Waals surface area contributed by atoms with E-state index in [2.05, 4.69) is 37.5 Å². The second kappa shape index (κ2) is 9.11. The van der Waals surface area contributed by atoms with Crippen molar-refractivity contribution in [1.82, 2.24) is 9.80 Å². The fraction of sp³-hybridized carbons (Fsp3) is 0.667. The van der Waals surface area contributed by atoms with Gasteiger partial charge < -0.3 is 14.2 Å². The summed E-state index contributed by atoms with van der Waals surface area (Å²) >= 11 is 0. The first-order valence-electron chi connectivity index (χ1n) is 8.71. The van der Waals surface area contributed by atoms with Gasteiger partial charge in [0.1, 0.15) is 0 Å². The predicted molar refractivity (Wildman–Crippen MR) is 91.9 cm³/mol. The van der Waals surface area contributed by atoms with Crippen LogP contribution in [0.4, 0.5) is 0 Å². The molecule has 0 aromatic heterocycles. The molecule has 2 unspecified atom stereocenters. The molecule has 5 nitrogen and oxygen atoms in total. The molecule has 0 N–H and O–H groups in total. The van der Waals surface area contributed by atoms with E-state index in [0.717, 1.165) is 37.7 Å². The molecule has 0 spiro atoms. The van der Waals surface area contributed by atoms with Gasteiger partial charge in [0.05, 0.1) is 13.2 Å². The van der Waals surface area contributed by atoms with Crippen molar-refractivity contribution < 1.29 is 14.2 Å². The van der Waals surface area contributed by atoms with Gasteiger partial charge in [-0.15, -0.1) is 0 Å². The number of likely N-dealkylation sites (N-methyl/N-ethyl adjacent to an activating group) is 2. The minimum atomic E-state index is -0.0924. The fourth-order valence-corrected chi connectivity index (χ4v) is 2.90. The van der Waals surface area contributed by atoms with Crippen molar-refractivity contribution in [1.29, 1.82) is 0 Å². The predicted octanol–water partition coefficient (Wildman–Crippen LogP) is 2.81. The van der Waals surface area contributed by atoms with Gasteiger partial charge in [-0.25, -0.2) is 0 Å². The van der Waals surface area contributed by atoms with E-state index in [1.165, 1.54) is 0 Å². The molecule has 23 heavy (non-hydrogen) atoms. The summed E-state index contributed by atoms with van der Waals surface area (Å²) in [4.78, 5) is 4.52. The summed E-state index contributed by atoms with van der Waals surface area (Å²) in [5.41, 5.74) is 0. The second-order valence-corrected chi connectivity index (χ2v) is 5.57.